The first kappa shape index (κ1) is 15.4. The van der Waals surface area contributed by atoms with Crippen LogP contribution >= 0.6 is 0 Å². The van der Waals surface area contributed by atoms with Crippen LogP contribution in [0.1, 0.15) is 11.1 Å². The third-order valence-corrected chi connectivity index (χ3v) is 3.11. The van der Waals surface area contributed by atoms with Crippen molar-refractivity contribution in [1.29, 1.82) is 0 Å². The van der Waals surface area contributed by atoms with Crippen LogP contribution in [0.2, 0.25) is 0 Å². The molecule has 0 aliphatic rings. The smallest absolute Gasteiger partial charge is 0.336 e. The van der Waals surface area contributed by atoms with E-state index in [0.717, 1.165) is 0 Å². The quantitative estimate of drug-likeness (QED) is 0.655. The van der Waals surface area contributed by atoms with Crippen molar-refractivity contribution >= 4 is 17.6 Å². The van der Waals surface area contributed by atoms with Gasteiger partial charge in [0.2, 0.25) is 0 Å². The second-order valence-corrected chi connectivity index (χ2v) is 4.52. The molecule has 5 nitrogen and oxygen atoms in total. The Balaban J connectivity index is 2.59. The van der Waals surface area contributed by atoms with E-state index in [1.807, 2.05) is 0 Å². The first-order chi connectivity index (χ1) is 10.5. The summed E-state index contributed by atoms with van der Waals surface area (Å²) in [6.45, 7) is 0. The van der Waals surface area contributed by atoms with Crippen LogP contribution in [-0.4, -0.2) is 30.4 Å². The second kappa shape index (κ2) is 6.67. The fraction of sp³-hybridized carbons (Fsp3) is 0.118. The summed E-state index contributed by atoms with van der Waals surface area (Å²) in [4.78, 5) is 11.6. The molecule has 0 heterocycles. The van der Waals surface area contributed by atoms with Gasteiger partial charge in [-0.15, -0.1) is 0 Å². The summed E-state index contributed by atoms with van der Waals surface area (Å²) in [6.07, 6.45) is 1.47. The monoisotopic (exact) mass is 300 g/mol. The van der Waals surface area contributed by atoms with Crippen LogP contribution in [-0.2, 0) is 4.79 Å². The number of hydrogen-bond donors (Lipinski definition) is 2. The van der Waals surface area contributed by atoms with Gasteiger partial charge in [-0.05, 0) is 42.0 Å². The molecule has 0 saturated carbocycles. The van der Waals surface area contributed by atoms with Crippen LogP contribution in [0.5, 0.6) is 17.2 Å². The average molecular weight is 300 g/mol. The molecule has 2 aromatic rings. The van der Waals surface area contributed by atoms with E-state index in [1.54, 1.807) is 30.3 Å². The highest BCUT2D eigenvalue weighted by molar-refractivity contribution is 6.21. The van der Waals surface area contributed by atoms with E-state index >= 15 is 0 Å². The Kier molecular flexibility index (Phi) is 4.68. The van der Waals surface area contributed by atoms with Crippen LogP contribution in [0.3, 0.4) is 0 Å². The Labute approximate surface area is 128 Å². The van der Waals surface area contributed by atoms with E-state index in [4.69, 9.17) is 9.47 Å². The number of rotatable bonds is 5. The lowest BCUT2D eigenvalue weighted by Crippen LogP contribution is -2.02. The van der Waals surface area contributed by atoms with Crippen molar-refractivity contribution in [3.05, 3.63) is 53.6 Å². The Bertz CT molecular complexity index is 719. The summed E-state index contributed by atoms with van der Waals surface area (Å²) in [7, 11) is 2.98. The van der Waals surface area contributed by atoms with E-state index in [0.29, 0.717) is 22.6 Å². The topological polar surface area (TPSA) is 76.0 Å². The van der Waals surface area contributed by atoms with Crippen LogP contribution in [0, 0.1) is 0 Å². The number of carbonyl (C=O) groups is 1. The lowest BCUT2D eigenvalue weighted by Gasteiger charge is -2.11. The molecule has 0 unspecified atom stereocenters. The van der Waals surface area contributed by atoms with Gasteiger partial charge in [-0.25, -0.2) is 4.79 Å². The van der Waals surface area contributed by atoms with Gasteiger partial charge in [0.25, 0.3) is 0 Å². The van der Waals surface area contributed by atoms with Crippen molar-refractivity contribution in [3.63, 3.8) is 0 Å². The Hall–Kier alpha value is -2.95. The van der Waals surface area contributed by atoms with Gasteiger partial charge in [-0.2, -0.15) is 0 Å². The molecule has 0 bridgehead atoms. The Morgan fingerprint density at radius 2 is 1.86 bits per heavy atom. The molecule has 22 heavy (non-hydrogen) atoms. The minimum Gasteiger partial charge on any atom is -0.508 e. The first-order valence-electron chi connectivity index (χ1n) is 6.51. The Morgan fingerprint density at radius 3 is 2.45 bits per heavy atom. The summed E-state index contributed by atoms with van der Waals surface area (Å²) in [5, 5.41) is 19.0. The molecule has 0 aliphatic carbocycles. The number of hydrogen-bond acceptors (Lipinski definition) is 4. The molecule has 2 N–H and O–H groups in total. The van der Waals surface area contributed by atoms with E-state index in [1.165, 1.54) is 32.4 Å². The van der Waals surface area contributed by atoms with Crippen molar-refractivity contribution in [3.8, 4) is 17.2 Å². The summed E-state index contributed by atoms with van der Waals surface area (Å²) >= 11 is 0. The van der Waals surface area contributed by atoms with Crippen molar-refractivity contribution in [2.75, 3.05) is 14.2 Å². The van der Waals surface area contributed by atoms with Crippen LogP contribution in [0.25, 0.3) is 11.6 Å². The molecule has 5 heteroatoms. The summed E-state index contributed by atoms with van der Waals surface area (Å²) in [6, 6.07) is 11.3. The highest BCUT2D eigenvalue weighted by atomic mass is 16.5. The molecule has 114 valence electrons. The number of carboxylic acids is 1. The third kappa shape index (κ3) is 3.38. The number of methoxy groups -OCH3 is 2. The second-order valence-electron chi connectivity index (χ2n) is 4.52. The molecule has 0 fully saturated rings. The molecular formula is C17H16O5. The predicted octanol–water partition coefficient (Wildman–Crippen LogP) is 3.03. The van der Waals surface area contributed by atoms with Gasteiger partial charge in [0.15, 0.2) is 0 Å². The highest BCUT2D eigenvalue weighted by Crippen LogP contribution is 2.31. The Morgan fingerprint density at radius 1 is 1.09 bits per heavy atom. The van der Waals surface area contributed by atoms with E-state index in [9.17, 15) is 15.0 Å². The van der Waals surface area contributed by atoms with E-state index in [-0.39, 0.29) is 11.3 Å². The van der Waals surface area contributed by atoms with Crippen molar-refractivity contribution in [2.45, 2.75) is 0 Å². The van der Waals surface area contributed by atoms with E-state index in [2.05, 4.69) is 0 Å². The third-order valence-electron chi connectivity index (χ3n) is 3.11. The van der Waals surface area contributed by atoms with Gasteiger partial charge in [-0.3, -0.25) is 0 Å². The maximum Gasteiger partial charge on any atom is 0.336 e. The average Bonchev–Trinajstić information content (AvgIpc) is 2.51. The number of benzene rings is 2. The van der Waals surface area contributed by atoms with Gasteiger partial charge in [0.05, 0.1) is 19.8 Å². The summed E-state index contributed by atoms with van der Waals surface area (Å²) in [5.74, 6) is -0.0838. The maximum absolute atomic E-state index is 11.6. The van der Waals surface area contributed by atoms with Gasteiger partial charge in [0.1, 0.15) is 17.2 Å². The van der Waals surface area contributed by atoms with Gasteiger partial charge < -0.3 is 19.7 Å². The van der Waals surface area contributed by atoms with Crippen LogP contribution in [0.4, 0.5) is 0 Å². The summed E-state index contributed by atoms with van der Waals surface area (Å²) < 4.78 is 10.4. The molecule has 0 saturated heterocycles. The zero-order valence-corrected chi connectivity index (χ0v) is 12.2. The maximum atomic E-state index is 11.6. The number of phenolic OH excluding ortho intramolecular Hbond substituents is 1. The minimum atomic E-state index is -1.10. The zero-order valence-electron chi connectivity index (χ0n) is 12.2. The van der Waals surface area contributed by atoms with Crippen LogP contribution < -0.4 is 9.47 Å². The van der Waals surface area contributed by atoms with Gasteiger partial charge in [-0.1, -0.05) is 12.1 Å². The normalized spacial score (nSPS) is 11.1. The predicted molar refractivity (Wildman–Crippen MR) is 83.2 cm³/mol. The largest absolute Gasteiger partial charge is 0.508 e. The zero-order chi connectivity index (χ0) is 16.1. The van der Waals surface area contributed by atoms with Crippen molar-refractivity contribution < 1.29 is 24.5 Å². The molecule has 0 spiro atoms. The number of ether oxygens (including phenoxy) is 2. The molecule has 0 amide bonds. The molecule has 0 aromatic heterocycles. The van der Waals surface area contributed by atoms with Crippen molar-refractivity contribution in [1.82, 2.24) is 0 Å². The van der Waals surface area contributed by atoms with Gasteiger partial charge in [0, 0.05) is 5.56 Å². The highest BCUT2D eigenvalue weighted by Gasteiger charge is 2.16. The SMILES string of the molecule is COc1ccc(OC)c(/C(=C/c2cccc(O)c2)C(=O)O)c1. The number of aliphatic carboxylic acids is 1. The number of phenols is 1. The van der Waals surface area contributed by atoms with Crippen molar-refractivity contribution in [2.24, 2.45) is 0 Å². The molecular weight excluding hydrogens is 284 g/mol. The lowest BCUT2D eigenvalue weighted by molar-refractivity contribution is -0.130. The van der Waals surface area contributed by atoms with Crippen LogP contribution in [0.15, 0.2) is 42.5 Å². The fourth-order valence-corrected chi connectivity index (χ4v) is 2.06. The molecule has 2 rings (SSSR count). The number of aromatic hydroxyl groups is 1. The minimum absolute atomic E-state index is 0.0429. The van der Waals surface area contributed by atoms with Gasteiger partial charge >= 0.3 is 5.97 Å². The molecule has 0 radical (unpaired) electrons. The summed E-state index contributed by atoms with van der Waals surface area (Å²) in [5.41, 5.74) is 1.02. The molecule has 2 aromatic carbocycles. The van der Waals surface area contributed by atoms with E-state index < -0.39 is 5.97 Å². The molecule has 0 atom stereocenters. The standard InChI is InChI=1S/C17H16O5/c1-21-13-6-7-16(22-2)14(10-13)15(17(19)20)9-11-4-3-5-12(18)8-11/h3-10,18H,1-2H3,(H,19,20)/b15-9-. The lowest BCUT2D eigenvalue weighted by atomic mass is 10.0. The number of carboxylic acid groups (broad SMARTS) is 1. The first-order valence-corrected chi connectivity index (χ1v) is 6.51. The molecule has 0 aliphatic heterocycles. The fourth-order valence-electron chi connectivity index (χ4n) is 2.06.